The van der Waals surface area contributed by atoms with Crippen LogP contribution in [-0.2, 0) is 0 Å². The highest BCUT2D eigenvalue weighted by atomic mass is 19.1. The highest BCUT2D eigenvalue weighted by Crippen LogP contribution is 2.10. The van der Waals surface area contributed by atoms with Crippen LogP contribution in [-0.4, -0.2) is 10.9 Å². The van der Waals surface area contributed by atoms with Crippen molar-refractivity contribution in [3.8, 4) is 0 Å². The van der Waals surface area contributed by atoms with Crippen molar-refractivity contribution in [3.63, 3.8) is 0 Å². The first-order valence-electron chi connectivity index (χ1n) is 4.21. The Kier molecular flexibility index (Phi) is 2.45. The van der Waals surface area contributed by atoms with Gasteiger partial charge in [-0.1, -0.05) is 6.07 Å². The third-order valence-electron chi connectivity index (χ3n) is 1.75. The van der Waals surface area contributed by atoms with Crippen molar-refractivity contribution in [1.82, 2.24) is 4.98 Å². The zero-order chi connectivity index (χ0) is 10.7. The van der Waals surface area contributed by atoms with Crippen molar-refractivity contribution in [2.24, 2.45) is 0 Å². The molecule has 0 aliphatic heterocycles. The van der Waals surface area contributed by atoms with Crippen LogP contribution in [0.4, 0.5) is 10.1 Å². The zero-order valence-electron chi connectivity index (χ0n) is 7.61. The van der Waals surface area contributed by atoms with Crippen molar-refractivity contribution in [1.29, 1.82) is 0 Å². The monoisotopic (exact) mass is 206 g/mol. The Balaban J connectivity index is 2.13. The van der Waals surface area contributed by atoms with Crippen molar-refractivity contribution in [3.05, 3.63) is 48.4 Å². The van der Waals surface area contributed by atoms with E-state index < -0.39 is 11.7 Å². The van der Waals surface area contributed by atoms with Gasteiger partial charge in [0.05, 0.1) is 0 Å². The molecule has 1 aromatic carbocycles. The predicted molar refractivity (Wildman–Crippen MR) is 50.9 cm³/mol. The summed E-state index contributed by atoms with van der Waals surface area (Å²) in [6.07, 6.45) is 2.37. The molecule has 0 atom stereocenters. The van der Waals surface area contributed by atoms with Gasteiger partial charge in [0.15, 0.2) is 12.1 Å². The van der Waals surface area contributed by atoms with Crippen LogP contribution in [0.1, 0.15) is 10.5 Å². The number of aromatic nitrogens is 1. The fourth-order valence-electron chi connectivity index (χ4n) is 1.09. The number of nitrogens with one attached hydrogen (secondary N) is 1. The molecule has 5 heteroatoms. The number of rotatable bonds is 2. The first-order chi connectivity index (χ1) is 7.25. The number of carbonyl (C=O) groups excluding carboxylic acids is 1. The third-order valence-corrected chi connectivity index (χ3v) is 1.75. The molecular weight excluding hydrogens is 199 g/mol. The minimum atomic E-state index is -0.436. The van der Waals surface area contributed by atoms with Crippen LogP contribution in [0.25, 0.3) is 0 Å². The van der Waals surface area contributed by atoms with Gasteiger partial charge < -0.3 is 9.73 Å². The molecule has 0 aliphatic rings. The molecule has 0 aliphatic carbocycles. The molecule has 4 nitrogen and oxygen atoms in total. The fraction of sp³-hybridized carbons (Fsp3) is 0. The van der Waals surface area contributed by atoms with E-state index in [1.807, 2.05) is 0 Å². The van der Waals surface area contributed by atoms with E-state index in [-0.39, 0.29) is 5.69 Å². The molecule has 0 fully saturated rings. The molecule has 0 saturated heterocycles. The number of nitrogens with zero attached hydrogens (tertiary/aromatic N) is 1. The number of halogens is 1. The first kappa shape index (κ1) is 9.39. The molecular formula is C10H7FN2O2. The van der Waals surface area contributed by atoms with Crippen molar-refractivity contribution in [2.45, 2.75) is 0 Å². The molecule has 15 heavy (non-hydrogen) atoms. The van der Waals surface area contributed by atoms with Gasteiger partial charge in [-0.05, 0) is 18.2 Å². The molecule has 1 N–H and O–H groups in total. The van der Waals surface area contributed by atoms with Gasteiger partial charge in [-0.3, -0.25) is 4.79 Å². The summed E-state index contributed by atoms with van der Waals surface area (Å²) in [5.74, 6) is -0.845. The van der Waals surface area contributed by atoms with Crippen molar-refractivity contribution < 1.29 is 13.6 Å². The van der Waals surface area contributed by atoms with E-state index in [9.17, 15) is 9.18 Å². The minimum absolute atomic E-state index is 0.152. The molecule has 76 valence electrons. The maximum Gasteiger partial charge on any atom is 0.277 e. The minimum Gasteiger partial charge on any atom is -0.451 e. The number of carbonyl (C=O) groups is 1. The lowest BCUT2D eigenvalue weighted by Crippen LogP contribution is -2.12. The zero-order valence-corrected chi connectivity index (χ0v) is 7.61. The second-order valence-corrected chi connectivity index (χ2v) is 2.84. The van der Waals surface area contributed by atoms with E-state index in [2.05, 4.69) is 14.7 Å². The average molecular weight is 206 g/mol. The molecule has 1 heterocycles. The van der Waals surface area contributed by atoms with E-state index in [1.165, 1.54) is 24.5 Å². The number of hydrogen-bond acceptors (Lipinski definition) is 3. The fourth-order valence-corrected chi connectivity index (χ4v) is 1.09. The highest BCUT2D eigenvalue weighted by Gasteiger charge is 2.08. The van der Waals surface area contributed by atoms with Gasteiger partial charge in [0.1, 0.15) is 12.1 Å². The Bertz CT molecular complexity index is 468. The van der Waals surface area contributed by atoms with E-state index >= 15 is 0 Å². The van der Waals surface area contributed by atoms with Crippen LogP contribution in [0.3, 0.4) is 0 Å². The summed E-state index contributed by atoms with van der Waals surface area (Å²) in [5.41, 5.74) is 0.530. The lowest BCUT2D eigenvalue weighted by Gasteiger charge is -2.01. The van der Waals surface area contributed by atoms with Gasteiger partial charge in [0.2, 0.25) is 0 Å². The second kappa shape index (κ2) is 3.91. The third kappa shape index (κ3) is 2.19. The number of hydrogen-bond donors (Lipinski definition) is 1. The number of anilines is 1. The second-order valence-electron chi connectivity index (χ2n) is 2.84. The molecule has 0 unspecified atom stereocenters. The van der Waals surface area contributed by atoms with Gasteiger partial charge in [-0.2, -0.15) is 0 Å². The molecule has 0 bridgehead atoms. The van der Waals surface area contributed by atoms with Gasteiger partial charge in [0.25, 0.3) is 5.91 Å². The summed E-state index contributed by atoms with van der Waals surface area (Å²) in [6.45, 7) is 0. The van der Waals surface area contributed by atoms with Crippen LogP contribution in [0.15, 0.2) is 41.3 Å². The smallest absolute Gasteiger partial charge is 0.277 e. The highest BCUT2D eigenvalue weighted by molar-refractivity contribution is 6.02. The number of oxazole rings is 1. The van der Waals surface area contributed by atoms with Gasteiger partial charge in [-0.15, -0.1) is 0 Å². The summed E-state index contributed by atoms with van der Waals surface area (Å²) < 4.78 is 17.4. The largest absolute Gasteiger partial charge is 0.451 e. The van der Waals surface area contributed by atoms with Crippen molar-refractivity contribution in [2.75, 3.05) is 5.32 Å². The van der Waals surface area contributed by atoms with Gasteiger partial charge >= 0.3 is 0 Å². The summed E-state index contributed by atoms with van der Waals surface area (Å²) in [7, 11) is 0. The molecule has 1 aromatic heterocycles. The Labute approximate surface area is 84.7 Å². The molecule has 1 amide bonds. The topological polar surface area (TPSA) is 55.1 Å². The summed E-state index contributed by atoms with van der Waals surface area (Å²) in [4.78, 5) is 15.1. The SMILES string of the molecule is O=C(Nc1cccc(F)c1)c1cocn1. The van der Waals surface area contributed by atoms with E-state index in [1.54, 1.807) is 6.07 Å². The lowest BCUT2D eigenvalue weighted by molar-refractivity contribution is 0.102. The standard InChI is InChI=1S/C10H7FN2O2/c11-7-2-1-3-8(4-7)13-10(14)9-5-15-6-12-9/h1-6H,(H,13,14). The molecule has 0 saturated carbocycles. The maximum absolute atomic E-state index is 12.8. The Morgan fingerprint density at radius 3 is 3.00 bits per heavy atom. The quantitative estimate of drug-likeness (QED) is 0.818. The molecule has 2 rings (SSSR count). The normalized spacial score (nSPS) is 9.93. The van der Waals surface area contributed by atoms with Crippen LogP contribution < -0.4 is 5.32 Å². The van der Waals surface area contributed by atoms with E-state index in [0.717, 1.165) is 6.39 Å². The van der Waals surface area contributed by atoms with Crippen LogP contribution in [0, 0.1) is 5.82 Å². The van der Waals surface area contributed by atoms with E-state index in [0.29, 0.717) is 5.69 Å². The number of benzene rings is 1. The van der Waals surface area contributed by atoms with Crippen molar-refractivity contribution >= 4 is 11.6 Å². The molecule has 0 radical (unpaired) electrons. The van der Waals surface area contributed by atoms with E-state index in [4.69, 9.17) is 0 Å². The summed E-state index contributed by atoms with van der Waals surface area (Å²) in [5, 5.41) is 2.48. The van der Waals surface area contributed by atoms with Crippen LogP contribution >= 0.6 is 0 Å². The van der Waals surface area contributed by atoms with Gasteiger partial charge in [0, 0.05) is 5.69 Å². The molecule has 0 spiro atoms. The van der Waals surface area contributed by atoms with Crippen LogP contribution in [0.5, 0.6) is 0 Å². The van der Waals surface area contributed by atoms with Gasteiger partial charge in [-0.25, -0.2) is 9.37 Å². The summed E-state index contributed by atoms with van der Waals surface area (Å²) >= 11 is 0. The Morgan fingerprint density at radius 1 is 1.47 bits per heavy atom. The lowest BCUT2D eigenvalue weighted by atomic mass is 10.3. The molecule has 2 aromatic rings. The Hall–Kier alpha value is -2.17. The summed E-state index contributed by atoms with van der Waals surface area (Å²) in [6, 6.07) is 5.61. The predicted octanol–water partition coefficient (Wildman–Crippen LogP) is 2.07. The Morgan fingerprint density at radius 2 is 2.33 bits per heavy atom. The number of amides is 1. The maximum atomic E-state index is 12.8. The average Bonchev–Trinajstić information content (AvgIpc) is 2.70. The van der Waals surface area contributed by atoms with Crippen LogP contribution in [0.2, 0.25) is 0 Å². The first-order valence-corrected chi connectivity index (χ1v) is 4.21.